The van der Waals surface area contributed by atoms with Crippen LogP contribution in [-0.4, -0.2) is 45.6 Å². The molecule has 0 N–H and O–H groups in total. The average molecular weight is 418 g/mol. The average Bonchev–Trinajstić information content (AvgIpc) is 3.17. The van der Waals surface area contributed by atoms with Gasteiger partial charge >= 0.3 is 5.97 Å². The summed E-state index contributed by atoms with van der Waals surface area (Å²) in [6, 6.07) is 10.9. The zero-order chi connectivity index (χ0) is 19.9. The monoisotopic (exact) mass is 417 g/mol. The van der Waals surface area contributed by atoms with Gasteiger partial charge in [-0.1, -0.05) is 30.3 Å². The van der Waals surface area contributed by atoms with Gasteiger partial charge in [-0.3, -0.25) is 18.8 Å². The van der Waals surface area contributed by atoms with Crippen LogP contribution in [0.5, 0.6) is 0 Å². The lowest BCUT2D eigenvalue weighted by Gasteiger charge is -2.21. The van der Waals surface area contributed by atoms with Gasteiger partial charge < -0.3 is 9.64 Å². The first-order valence-electron chi connectivity index (χ1n) is 8.49. The number of esters is 1. The third-order valence-electron chi connectivity index (χ3n) is 3.95. The van der Waals surface area contributed by atoms with Crippen molar-refractivity contribution >= 4 is 39.9 Å². The first kappa shape index (κ1) is 20.1. The summed E-state index contributed by atoms with van der Waals surface area (Å²) in [5.41, 5.74) is 1.43. The molecule has 0 saturated carbocycles. The van der Waals surface area contributed by atoms with Crippen LogP contribution in [0, 0.1) is 0 Å². The molecule has 3 aromatic rings. The minimum atomic E-state index is -0.466. The minimum Gasteiger partial charge on any atom is -0.468 e. The second kappa shape index (κ2) is 9.52. The molecule has 0 aliphatic heterocycles. The van der Waals surface area contributed by atoms with Gasteiger partial charge in [0.25, 0.3) is 5.56 Å². The molecule has 0 aliphatic rings. The van der Waals surface area contributed by atoms with E-state index >= 15 is 0 Å². The largest absolute Gasteiger partial charge is 0.468 e. The van der Waals surface area contributed by atoms with E-state index in [0.29, 0.717) is 23.0 Å². The molecular weight excluding hydrogens is 398 g/mol. The Morgan fingerprint density at radius 1 is 1.29 bits per heavy atom. The summed E-state index contributed by atoms with van der Waals surface area (Å²) >= 11 is 2.75. The molecule has 2 aromatic heterocycles. The maximum Gasteiger partial charge on any atom is 0.325 e. The Balaban J connectivity index is 1.61. The molecule has 28 heavy (non-hydrogen) atoms. The molecular formula is C19H19N3O4S2. The number of thiazole rings is 1. The fourth-order valence-electron chi connectivity index (χ4n) is 2.55. The van der Waals surface area contributed by atoms with Crippen molar-refractivity contribution in [2.24, 2.45) is 0 Å². The van der Waals surface area contributed by atoms with Gasteiger partial charge in [-0.15, -0.1) is 23.1 Å². The van der Waals surface area contributed by atoms with Crippen LogP contribution in [0.4, 0.5) is 0 Å². The van der Waals surface area contributed by atoms with Gasteiger partial charge in [-0.05, 0) is 5.56 Å². The smallest absolute Gasteiger partial charge is 0.325 e. The third-order valence-corrected chi connectivity index (χ3v) is 5.66. The topological polar surface area (TPSA) is 81.0 Å². The second-order valence-corrected chi connectivity index (χ2v) is 7.80. The normalized spacial score (nSPS) is 10.8. The van der Waals surface area contributed by atoms with E-state index in [1.807, 2.05) is 30.3 Å². The quantitative estimate of drug-likeness (QED) is 0.523. The molecule has 0 spiro atoms. The fraction of sp³-hybridized carbons (Fsp3) is 0.263. The summed E-state index contributed by atoms with van der Waals surface area (Å²) in [7, 11) is 1.30. The van der Waals surface area contributed by atoms with E-state index in [2.05, 4.69) is 4.98 Å². The van der Waals surface area contributed by atoms with Crippen LogP contribution in [0.3, 0.4) is 0 Å². The number of thioether (sulfide) groups is 1. The van der Waals surface area contributed by atoms with Crippen LogP contribution in [0.2, 0.25) is 0 Å². The molecule has 0 aliphatic carbocycles. The molecule has 0 bridgehead atoms. The van der Waals surface area contributed by atoms with E-state index in [1.165, 1.54) is 45.6 Å². The SMILES string of the molecule is COC(=O)CN(Cc1ccccc1)C(=O)CSCc1cc(=O)n2ccsc2n1. The van der Waals surface area contributed by atoms with Crippen molar-refractivity contribution in [3.8, 4) is 0 Å². The van der Waals surface area contributed by atoms with Gasteiger partial charge in [-0.2, -0.15) is 0 Å². The summed E-state index contributed by atoms with van der Waals surface area (Å²) in [4.78, 5) is 42.9. The number of rotatable bonds is 8. The standard InChI is InChI=1S/C19H19N3O4S2/c1-26-18(25)11-21(10-14-5-3-2-4-6-14)17(24)13-27-12-15-9-16(23)22-7-8-28-19(22)20-15/h2-9H,10-13H2,1H3. The number of nitrogens with zero attached hydrogens (tertiary/aromatic N) is 3. The van der Waals surface area contributed by atoms with Crippen LogP contribution >= 0.6 is 23.1 Å². The Bertz CT molecular complexity index is 1020. The highest BCUT2D eigenvalue weighted by Crippen LogP contribution is 2.14. The second-order valence-electron chi connectivity index (χ2n) is 5.95. The van der Waals surface area contributed by atoms with Gasteiger partial charge in [0.1, 0.15) is 6.54 Å². The predicted octanol–water partition coefficient (Wildman–Crippen LogP) is 2.19. The van der Waals surface area contributed by atoms with E-state index in [0.717, 1.165) is 5.56 Å². The first-order chi connectivity index (χ1) is 13.6. The van der Waals surface area contributed by atoms with E-state index in [4.69, 9.17) is 4.74 Å². The van der Waals surface area contributed by atoms with Crippen LogP contribution in [-0.2, 0) is 26.6 Å². The summed E-state index contributed by atoms with van der Waals surface area (Å²) < 4.78 is 6.19. The molecule has 0 radical (unpaired) electrons. The summed E-state index contributed by atoms with van der Waals surface area (Å²) in [5, 5.41) is 1.80. The Labute approximate surface area is 170 Å². The zero-order valence-corrected chi connectivity index (χ0v) is 16.9. The number of carbonyl (C=O) groups excluding carboxylic acids is 2. The highest BCUT2D eigenvalue weighted by atomic mass is 32.2. The molecule has 2 heterocycles. The lowest BCUT2D eigenvalue weighted by atomic mass is 10.2. The molecule has 0 atom stereocenters. The van der Waals surface area contributed by atoms with Crippen LogP contribution < -0.4 is 5.56 Å². The molecule has 0 fully saturated rings. The molecule has 1 aromatic carbocycles. The van der Waals surface area contributed by atoms with Gasteiger partial charge in [0.2, 0.25) is 5.91 Å². The lowest BCUT2D eigenvalue weighted by Crippen LogP contribution is -2.36. The van der Waals surface area contributed by atoms with Crippen molar-refractivity contribution in [3.63, 3.8) is 0 Å². The highest BCUT2D eigenvalue weighted by molar-refractivity contribution is 7.99. The van der Waals surface area contributed by atoms with Crippen LogP contribution in [0.25, 0.3) is 4.96 Å². The minimum absolute atomic E-state index is 0.106. The van der Waals surface area contributed by atoms with E-state index in [-0.39, 0.29) is 23.8 Å². The zero-order valence-electron chi connectivity index (χ0n) is 15.2. The maximum atomic E-state index is 12.6. The number of hydrogen-bond acceptors (Lipinski definition) is 7. The predicted molar refractivity (Wildman–Crippen MR) is 109 cm³/mol. The van der Waals surface area contributed by atoms with Crippen molar-refractivity contribution in [2.45, 2.75) is 12.3 Å². The number of methoxy groups -OCH3 is 1. The molecule has 1 amide bonds. The molecule has 0 unspecified atom stereocenters. The maximum absolute atomic E-state index is 12.6. The molecule has 0 saturated heterocycles. The molecule has 146 valence electrons. The van der Waals surface area contributed by atoms with Gasteiger partial charge in [0.15, 0.2) is 4.96 Å². The summed E-state index contributed by atoms with van der Waals surface area (Å²) in [6.07, 6.45) is 1.68. The van der Waals surface area contributed by atoms with Crippen molar-refractivity contribution < 1.29 is 14.3 Å². The van der Waals surface area contributed by atoms with Crippen LogP contribution in [0.15, 0.2) is 52.8 Å². The number of benzene rings is 1. The summed E-state index contributed by atoms with van der Waals surface area (Å²) in [6.45, 7) is 0.224. The lowest BCUT2D eigenvalue weighted by molar-refractivity contribution is -0.146. The Morgan fingerprint density at radius 2 is 2.07 bits per heavy atom. The number of ether oxygens (including phenoxy) is 1. The fourth-order valence-corrected chi connectivity index (χ4v) is 4.11. The number of amides is 1. The van der Waals surface area contributed by atoms with Gasteiger partial charge in [0.05, 0.1) is 18.6 Å². The Morgan fingerprint density at radius 3 is 2.82 bits per heavy atom. The Hall–Kier alpha value is -2.65. The van der Waals surface area contributed by atoms with Crippen molar-refractivity contribution in [2.75, 3.05) is 19.4 Å². The van der Waals surface area contributed by atoms with E-state index < -0.39 is 5.97 Å². The molecule has 7 nitrogen and oxygen atoms in total. The number of aromatic nitrogens is 2. The van der Waals surface area contributed by atoms with Crippen molar-refractivity contribution in [1.29, 1.82) is 0 Å². The van der Waals surface area contributed by atoms with Gasteiger partial charge in [0, 0.05) is 29.9 Å². The first-order valence-corrected chi connectivity index (χ1v) is 10.5. The molecule has 9 heteroatoms. The Kier molecular flexibility index (Phi) is 6.83. The van der Waals surface area contributed by atoms with E-state index in [1.54, 1.807) is 11.6 Å². The number of fused-ring (bicyclic) bond motifs is 1. The van der Waals surface area contributed by atoms with Crippen LogP contribution in [0.1, 0.15) is 11.3 Å². The van der Waals surface area contributed by atoms with Gasteiger partial charge in [-0.25, -0.2) is 4.98 Å². The molecule has 3 rings (SSSR count). The third kappa shape index (κ3) is 5.20. The number of hydrogen-bond donors (Lipinski definition) is 0. The highest BCUT2D eigenvalue weighted by Gasteiger charge is 2.18. The number of carbonyl (C=O) groups is 2. The van der Waals surface area contributed by atoms with Crippen molar-refractivity contribution in [1.82, 2.24) is 14.3 Å². The summed E-state index contributed by atoms with van der Waals surface area (Å²) in [5.74, 6) is -0.0254. The van der Waals surface area contributed by atoms with Crippen molar-refractivity contribution in [3.05, 3.63) is 69.6 Å². The van der Waals surface area contributed by atoms with E-state index in [9.17, 15) is 14.4 Å².